The molecule has 10 atom stereocenters. The molecule has 5 rings (SSSR count). The highest BCUT2D eigenvalue weighted by Gasteiger charge is 2.57. The van der Waals surface area contributed by atoms with Crippen molar-refractivity contribution >= 4 is 37.7 Å². The zero-order valence-electron chi connectivity index (χ0n) is 36.9. The van der Waals surface area contributed by atoms with E-state index >= 15 is 0 Å². The van der Waals surface area contributed by atoms with E-state index in [1.165, 1.54) is 14.2 Å². The number of rotatable bonds is 19. The van der Waals surface area contributed by atoms with E-state index in [2.05, 4.69) is 10.6 Å². The first-order valence-corrected chi connectivity index (χ1v) is 22.7. The molecule has 0 radical (unpaired) electrons. The lowest BCUT2D eigenvalue weighted by molar-refractivity contribution is -0.148. The number of hydrogen-bond acceptors (Lipinski definition) is 9. The number of carbonyl (C=O) groups excluding carboxylic acids is 5. The number of likely N-dealkylation sites (tertiary alicyclic amines) is 1. The highest BCUT2D eigenvalue weighted by molar-refractivity contribution is 7.38. The summed E-state index contributed by atoms with van der Waals surface area (Å²) < 4.78 is 29.9. The number of carbonyl (C=O) groups is 5. The van der Waals surface area contributed by atoms with Gasteiger partial charge in [0.15, 0.2) is 0 Å². The summed E-state index contributed by atoms with van der Waals surface area (Å²) in [5.41, 5.74) is 0.100. The quantitative estimate of drug-likeness (QED) is 0.167. The van der Waals surface area contributed by atoms with Gasteiger partial charge in [0.2, 0.25) is 31.7 Å². The highest BCUT2D eigenvalue weighted by Crippen LogP contribution is 2.46. The van der Waals surface area contributed by atoms with Crippen LogP contribution < -0.4 is 10.6 Å². The molecule has 4 aliphatic rings. The van der Waals surface area contributed by atoms with Gasteiger partial charge in [-0.15, -0.1) is 0 Å². The molecule has 1 saturated carbocycles. The molecule has 15 nitrogen and oxygen atoms in total. The maximum Gasteiger partial charge on any atom is 0.411 e. The van der Waals surface area contributed by atoms with Crippen LogP contribution in [0.15, 0.2) is 30.3 Å². The summed E-state index contributed by atoms with van der Waals surface area (Å²) in [6.07, 6.45) is 1.64. The Bertz CT molecular complexity index is 1640. The van der Waals surface area contributed by atoms with Gasteiger partial charge >= 0.3 is 6.09 Å². The molecule has 332 valence electrons. The third kappa shape index (κ3) is 11.7. The van der Waals surface area contributed by atoms with E-state index < -0.39 is 73.7 Å². The van der Waals surface area contributed by atoms with Crippen LogP contribution in [0.4, 0.5) is 4.79 Å². The lowest BCUT2D eigenvalue weighted by Gasteiger charge is -2.41. The molecule has 1 aliphatic carbocycles. The lowest BCUT2D eigenvalue weighted by Crippen LogP contribution is -2.59. The zero-order chi connectivity index (χ0) is 43.9. The van der Waals surface area contributed by atoms with Gasteiger partial charge in [0.05, 0.1) is 36.6 Å². The van der Waals surface area contributed by atoms with E-state index in [9.17, 15) is 33.4 Å². The lowest BCUT2D eigenvalue weighted by atomic mass is 9.82. The van der Waals surface area contributed by atoms with Crippen LogP contribution in [0.2, 0.25) is 0 Å². The number of benzene rings is 1. The molecule has 2 bridgehead atoms. The van der Waals surface area contributed by atoms with E-state index in [0.717, 1.165) is 5.56 Å². The second-order valence-electron chi connectivity index (χ2n) is 18.1. The fourth-order valence-corrected chi connectivity index (χ4v) is 9.79. The first-order valence-electron chi connectivity index (χ1n) is 21.2. The van der Waals surface area contributed by atoms with E-state index in [-0.39, 0.29) is 54.4 Å². The summed E-state index contributed by atoms with van der Waals surface area (Å²) in [6, 6.07) is 6.52. The van der Waals surface area contributed by atoms with Crippen LogP contribution in [-0.4, -0.2) is 131 Å². The number of fused-ring (bicyclic) bond motifs is 1. The number of ether oxygens (including phenoxy) is 3. The molecule has 1 aromatic rings. The summed E-state index contributed by atoms with van der Waals surface area (Å²) in [5, 5.41) is 5.76. The first-order chi connectivity index (χ1) is 27.7. The number of nitrogens with zero attached hydrogens (tertiary/aromatic N) is 3. The molecule has 0 aromatic heterocycles. The summed E-state index contributed by atoms with van der Waals surface area (Å²) in [7, 11) is 1.58. The van der Waals surface area contributed by atoms with E-state index in [0.29, 0.717) is 38.6 Å². The molecular formula is C43H70N5O10P. The molecule has 5 amide bonds. The third-order valence-electron chi connectivity index (χ3n) is 12.5. The Morgan fingerprint density at radius 3 is 2.19 bits per heavy atom. The molecule has 3 heterocycles. The molecular weight excluding hydrogens is 777 g/mol. The Morgan fingerprint density at radius 1 is 1.00 bits per heavy atom. The minimum absolute atomic E-state index is 0.00193. The van der Waals surface area contributed by atoms with Gasteiger partial charge in [-0.25, -0.2) is 4.79 Å². The first kappa shape index (κ1) is 48.1. The Balaban J connectivity index is 1.47. The standard InChI is InChI=1S/C43H70N5O10P/c1-12-26(4)36(46(9)41(52)35(25(2)3)45-40(51)37-29-22-30(23-29)48(37)42(53)58-43(6,7)8)32(56-10)24-34(49)47-20-16-19-31(47)38(57-11)27(5)39(50)44-33(59(54)55)21-28-17-14-13-15-18-28/h13-15,17-18,25-27,29-33,35-38,59H,12,16,19-24H2,1-11H3,(H,44,50)(H,45,51)(H,54,55)/t26-,27+,29?,30?,31-,32+,33+,35-,36-,37-,38+/m0/s1. The molecule has 16 heteroatoms. The van der Waals surface area contributed by atoms with Gasteiger partial charge in [-0.05, 0) is 69.8 Å². The number of methoxy groups -OCH3 is 2. The fraction of sp³-hybridized carbons (Fsp3) is 0.744. The average molecular weight is 848 g/mol. The monoisotopic (exact) mass is 847 g/mol. The van der Waals surface area contributed by atoms with Crippen LogP contribution in [0.3, 0.4) is 0 Å². The van der Waals surface area contributed by atoms with E-state index in [1.807, 2.05) is 58.0 Å². The summed E-state index contributed by atoms with van der Waals surface area (Å²) in [4.78, 5) is 84.4. The van der Waals surface area contributed by atoms with Crippen molar-refractivity contribution in [2.24, 2.45) is 23.7 Å². The molecule has 0 spiro atoms. The van der Waals surface area contributed by atoms with Gasteiger partial charge in [-0.3, -0.25) is 28.6 Å². The SMILES string of the molecule is CC[C@H](C)[C@@H]([C@@H](CC(=O)N1CCC[C@H]1[C@H](OC)[C@@H](C)C(=O)N[C@@H](Cc1ccccc1)[PH](=O)O)OC)N(C)C(=O)[C@@H](NC(=O)[C@@H]1C2CC(C2)N1C(=O)OC(C)(C)C)C(C)C. The number of likely N-dealkylation sites (N-methyl/N-ethyl adjacent to an activating group) is 1. The van der Waals surface area contributed by atoms with Crippen LogP contribution in [0.25, 0.3) is 0 Å². The Morgan fingerprint density at radius 2 is 1.64 bits per heavy atom. The predicted octanol–water partition coefficient (Wildman–Crippen LogP) is 4.60. The van der Waals surface area contributed by atoms with Crippen molar-refractivity contribution in [3.8, 4) is 0 Å². The second-order valence-corrected chi connectivity index (χ2v) is 19.5. The highest BCUT2D eigenvalue weighted by atomic mass is 31.1. The average Bonchev–Trinajstić information content (AvgIpc) is 3.90. The normalized spacial score (nSPS) is 24.2. The van der Waals surface area contributed by atoms with E-state index in [1.54, 1.807) is 49.4 Å². The smallest absolute Gasteiger partial charge is 0.411 e. The maximum atomic E-state index is 14.5. The van der Waals surface area contributed by atoms with Crippen molar-refractivity contribution in [3.05, 3.63) is 35.9 Å². The molecule has 3 saturated heterocycles. The Kier molecular flexibility index (Phi) is 17.0. The fourth-order valence-electron chi connectivity index (χ4n) is 9.12. The third-order valence-corrected chi connectivity index (χ3v) is 13.5. The van der Waals surface area contributed by atoms with Crippen molar-refractivity contribution in [3.63, 3.8) is 0 Å². The minimum atomic E-state index is -3.12. The largest absolute Gasteiger partial charge is 0.444 e. The van der Waals surface area contributed by atoms with Gasteiger partial charge in [0, 0.05) is 40.3 Å². The van der Waals surface area contributed by atoms with Crippen molar-refractivity contribution in [2.45, 2.75) is 154 Å². The van der Waals surface area contributed by atoms with Crippen molar-refractivity contribution in [1.82, 2.24) is 25.3 Å². The van der Waals surface area contributed by atoms with Gasteiger partial charge in [-0.2, -0.15) is 0 Å². The van der Waals surface area contributed by atoms with Crippen molar-refractivity contribution in [2.75, 3.05) is 27.8 Å². The molecule has 4 fully saturated rings. The molecule has 59 heavy (non-hydrogen) atoms. The van der Waals surface area contributed by atoms with Crippen LogP contribution >= 0.6 is 8.03 Å². The molecule has 1 unspecified atom stereocenters. The van der Waals surface area contributed by atoms with Crippen LogP contribution in [0.5, 0.6) is 0 Å². The van der Waals surface area contributed by atoms with Crippen LogP contribution in [0.1, 0.15) is 99.5 Å². The Hall–Kier alpha value is -3.52. The minimum Gasteiger partial charge on any atom is -0.444 e. The molecule has 3 aliphatic heterocycles. The number of amides is 5. The maximum absolute atomic E-state index is 14.5. The summed E-state index contributed by atoms with van der Waals surface area (Å²) >= 11 is 0. The molecule has 3 N–H and O–H groups in total. The summed E-state index contributed by atoms with van der Waals surface area (Å²) in [6.45, 7) is 15.2. The number of hydrogen-bond donors (Lipinski definition) is 3. The van der Waals surface area contributed by atoms with Crippen molar-refractivity contribution in [1.29, 1.82) is 0 Å². The van der Waals surface area contributed by atoms with Crippen LogP contribution in [0, 0.1) is 23.7 Å². The van der Waals surface area contributed by atoms with Gasteiger partial charge in [0.25, 0.3) is 0 Å². The van der Waals surface area contributed by atoms with Gasteiger partial charge < -0.3 is 39.5 Å². The zero-order valence-corrected chi connectivity index (χ0v) is 37.9. The van der Waals surface area contributed by atoms with Gasteiger partial charge in [-0.1, -0.05) is 71.4 Å². The van der Waals surface area contributed by atoms with Crippen LogP contribution in [-0.2, 0) is 44.4 Å². The van der Waals surface area contributed by atoms with E-state index in [4.69, 9.17) is 14.2 Å². The second kappa shape index (κ2) is 20.8. The Labute approximate surface area is 351 Å². The topological polar surface area (TPSA) is 184 Å². The van der Waals surface area contributed by atoms with Crippen molar-refractivity contribution < 1.29 is 47.6 Å². The predicted molar refractivity (Wildman–Crippen MR) is 225 cm³/mol. The summed E-state index contributed by atoms with van der Waals surface area (Å²) in [5.74, 6) is -3.44. The number of nitrogens with one attached hydrogen (secondary N) is 2. The van der Waals surface area contributed by atoms with Gasteiger partial charge in [0.1, 0.15) is 23.5 Å². The molecule has 1 aromatic carbocycles.